The molecule has 0 saturated carbocycles. The van der Waals surface area contributed by atoms with Crippen LogP contribution in [0.2, 0.25) is 0 Å². The van der Waals surface area contributed by atoms with Crippen molar-refractivity contribution in [1.29, 1.82) is 0 Å². The van der Waals surface area contributed by atoms with Crippen LogP contribution in [0.1, 0.15) is 24.8 Å². The summed E-state index contributed by atoms with van der Waals surface area (Å²) in [5, 5.41) is 7.52. The van der Waals surface area contributed by atoms with E-state index in [1.54, 1.807) is 0 Å². The van der Waals surface area contributed by atoms with Gasteiger partial charge in [-0.1, -0.05) is 18.2 Å². The minimum atomic E-state index is -0.840. The number of nitrogens with zero attached hydrogens (tertiary/aromatic N) is 3. The van der Waals surface area contributed by atoms with Gasteiger partial charge in [0.2, 0.25) is 12.8 Å². The molecule has 39 heavy (non-hydrogen) atoms. The quantitative estimate of drug-likeness (QED) is 0.346. The number of nitrogens with one attached hydrogen (secondary N) is 2. The van der Waals surface area contributed by atoms with E-state index in [9.17, 15) is 9.18 Å². The van der Waals surface area contributed by atoms with Crippen LogP contribution in [-0.4, -0.2) is 85.5 Å². The van der Waals surface area contributed by atoms with Crippen LogP contribution in [0.5, 0.6) is 5.75 Å². The number of likely N-dealkylation sites (N-methyl/N-ethyl adjacent to an activating group) is 1. The Labute approximate surface area is 230 Å². The Morgan fingerprint density at radius 1 is 1.10 bits per heavy atom. The van der Waals surface area contributed by atoms with Gasteiger partial charge in [-0.25, -0.2) is 4.39 Å². The second-order valence-corrected chi connectivity index (χ2v) is 11.0. The average molecular weight is 537 g/mol. The molecule has 0 bridgehead atoms. The second-order valence-electron chi connectivity index (χ2n) is 11.0. The number of carbonyl (C=O) groups excluding carboxylic acids is 1. The number of hydrogen-bond donors (Lipinski definition) is 3. The third-order valence-corrected chi connectivity index (χ3v) is 8.14. The van der Waals surface area contributed by atoms with E-state index in [1.165, 1.54) is 10.9 Å². The number of ether oxygens (including phenoxy) is 1. The molecule has 2 fully saturated rings. The van der Waals surface area contributed by atoms with Crippen LogP contribution in [0.3, 0.4) is 0 Å². The third-order valence-electron chi connectivity index (χ3n) is 8.14. The predicted molar refractivity (Wildman–Crippen MR) is 153 cm³/mol. The summed E-state index contributed by atoms with van der Waals surface area (Å²) < 4.78 is 19.9. The minimum Gasteiger partial charge on any atom is -0.463 e. The second kappa shape index (κ2) is 12.5. The van der Waals surface area contributed by atoms with Gasteiger partial charge in [0.1, 0.15) is 5.75 Å². The highest BCUT2D eigenvalue weighted by Gasteiger charge is 2.34. The number of hydrogen-bond acceptors (Lipinski definition) is 6. The number of amides is 1. The van der Waals surface area contributed by atoms with Gasteiger partial charge in [0, 0.05) is 68.5 Å². The molecule has 2 aliphatic rings. The van der Waals surface area contributed by atoms with E-state index in [4.69, 9.17) is 10.5 Å². The summed E-state index contributed by atoms with van der Waals surface area (Å²) in [5.41, 5.74) is 10.3. The van der Waals surface area contributed by atoms with Crippen LogP contribution in [0.25, 0.3) is 22.0 Å². The Balaban J connectivity index is 1.32. The first-order valence-electron chi connectivity index (χ1n) is 14.0. The van der Waals surface area contributed by atoms with Gasteiger partial charge >= 0.3 is 0 Å². The van der Waals surface area contributed by atoms with Crippen molar-refractivity contribution >= 4 is 16.8 Å². The van der Waals surface area contributed by atoms with E-state index in [0.29, 0.717) is 25.1 Å². The molecule has 1 aromatic heterocycles. The molecule has 0 spiro atoms. The number of carbonyl (C=O) groups is 1. The van der Waals surface area contributed by atoms with Gasteiger partial charge in [-0.2, -0.15) is 0 Å². The van der Waals surface area contributed by atoms with Gasteiger partial charge < -0.3 is 30.6 Å². The first-order valence-corrected chi connectivity index (χ1v) is 14.0. The molecule has 3 heterocycles. The topological polar surface area (TPSA) is 87.8 Å². The number of piperidine rings is 1. The molecule has 2 aromatic carbocycles. The number of alkyl halides is 1. The van der Waals surface area contributed by atoms with Crippen molar-refractivity contribution in [3.8, 4) is 16.9 Å². The molecular weight excluding hydrogens is 495 g/mol. The Morgan fingerprint density at radius 2 is 1.85 bits per heavy atom. The zero-order valence-electron chi connectivity index (χ0n) is 22.9. The first-order chi connectivity index (χ1) is 18.9. The highest BCUT2D eigenvalue weighted by molar-refractivity contribution is 5.96. The lowest BCUT2D eigenvalue weighted by Gasteiger charge is -2.32. The smallest absolute Gasteiger partial charge is 0.240 e. The molecule has 8 nitrogen and oxygen atoms in total. The molecule has 9 heteroatoms. The van der Waals surface area contributed by atoms with Crippen molar-refractivity contribution in [2.45, 2.75) is 37.9 Å². The monoisotopic (exact) mass is 536 g/mol. The number of benzene rings is 2. The number of nitrogens with two attached hydrogens (primary N) is 1. The maximum atomic E-state index is 12.7. The van der Waals surface area contributed by atoms with E-state index in [1.807, 2.05) is 24.3 Å². The van der Waals surface area contributed by atoms with Crippen LogP contribution in [0.4, 0.5) is 4.39 Å². The van der Waals surface area contributed by atoms with Crippen LogP contribution >= 0.6 is 0 Å². The third kappa shape index (κ3) is 6.61. The van der Waals surface area contributed by atoms with Gasteiger partial charge in [-0.15, -0.1) is 0 Å². The molecule has 0 unspecified atom stereocenters. The van der Waals surface area contributed by atoms with Crippen molar-refractivity contribution in [2.75, 3.05) is 59.7 Å². The zero-order chi connectivity index (χ0) is 27.2. The summed E-state index contributed by atoms with van der Waals surface area (Å²) >= 11 is 0. The van der Waals surface area contributed by atoms with Gasteiger partial charge in [-0.05, 0) is 74.8 Å². The molecule has 2 aliphatic heterocycles. The molecule has 5 rings (SSSR count). The van der Waals surface area contributed by atoms with Crippen molar-refractivity contribution in [1.82, 2.24) is 25.0 Å². The normalized spacial score (nSPS) is 18.3. The van der Waals surface area contributed by atoms with Gasteiger partial charge in [-0.3, -0.25) is 9.69 Å². The molecule has 210 valence electrons. The number of halogens is 1. The largest absolute Gasteiger partial charge is 0.463 e. The fraction of sp³-hybridized carbons (Fsp3) is 0.500. The van der Waals surface area contributed by atoms with Gasteiger partial charge in [0.15, 0.2) is 0 Å². The maximum absolute atomic E-state index is 12.7. The SMILES string of the molecule is CN1CCN(Cc2ccc3c(c2)c(-c2ccc(OCF)cc2)cn3CCCNC(=O)C2(N)CCNCC2)CC1. The summed E-state index contributed by atoms with van der Waals surface area (Å²) in [7, 11) is 2.18. The van der Waals surface area contributed by atoms with E-state index in [0.717, 1.165) is 75.4 Å². The Bertz CT molecular complexity index is 1250. The summed E-state index contributed by atoms with van der Waals surface area (Å²) in [5.74, 6) is 0.467. The summed E-state index contributed by atoms with van der Waals surface area (Å²) in [6, 6.07) is 14.3. The highest BCUT2D eigenvalue weighted by atomic mass is 19.1. The fourth-order valence-electron chi connectivity index (χ4n) is 5.64. The molecule has 3 aromatic rings. The molecule has 2 saturated heterocycles. The lowest BCUT2D eigenvalue weighted by molar-refractivity contribution is -0.127. The fourth-order valence-corrected chi connectivity index (χ4v) is 5.64. The number of piperazine rings is 1. The molecule has 1 amide bonds. The van der Waals surface area contributed by atoms with Crippen molar-refractivity contribution < 1.29 is 13.9 Å². The summed E-state index contributed by atoms with van der Waals surface area (Å²) in [6.45, 7) is 7.33. The Kier molecular flexibility index (Phi) is 8.82. The van der Waals surface area contributed by atoms with E-state index in [2.05, 4.69) is 56.4 Å². The van der Waals surface area contributed by atoms with Crippen LogP contribution < -0.4 is 21.1 Å². The maximum Gasteiger partial charge on any atom is 0.240 e. The van der Waals surface area contributed by atoms with Crippen LogP contribution in [0.15, 0.2) is 48.7 Å². The van der Waals surface area contributed by atoms with Crippen LogP contribution in [-0.2, 0) is 17.9 Å². The predicted octanol–water partition coefficient (Wildman–Crippen LogP) is 2.95. The zero-order valence-corrected chi connectivity index (χ0v) is 22.9. The van der Waals surface area contributed by atoms with Gasteiger partial charge in [0.05, 0.1) is 5.54 Å². The number of fused-ring (bicyclic) bond motifs is 1. The molecular formula is C30H41FN6O2. The summed E-state index contributed by atoms with van der Waals surface area (Å²) in [6.07, 6.45) is 4.32. The number of aryl methyl sites for hydroxylation is 1. The first kappa shape index (κ1) is 27.6. The van der Waals surface area contributed by atoms with Gasteiger partial charge in [0.25, 0.3) is 0 Å². The van der Waals surface area contributed by atoms with E-state index in [-0.39, 0.29) is 5.91 Å². The standard InChI is InChI=1S/C30H41FN6O2/c1-35-15-17-36(18-16-35)20-23-3-8-28-26(19-23)27(24-4-6-25(7-5-24)39-22-31)21-37(28)14-2-11-34-29(38)30(32)9-12-33-13-10-30/h3-8,19,21,33H,2,9-18,20,22,32H2,1H3,(H,34,38). The van der Waals surface area contributed by atoms with Crippen molar-refractivity contribution in [3.05, 3.63) is 54.2 Å². The molecule has 4 N–H and O–H groups in total. The molecule has 0 aliphatic carbocycles. The lowest BCUT2D eigenvalue weighted by atomic mass is 9.88. The van der Waals surface area contributed by atoms with Crippen LogP contribution in [0, 0.1) is 0 Å². The number of aromatic nitrogens is 1. The lowest BCUT2D eigenvalue weighted by Crippen LogP contribution is -2.59. The van der Waals surface area contributed by atoms with Crippen molar-refractivity contribution in [3.63, 3.8) is 0 Å². The van der Waals surface area contributed by atoms with E-state index >= 15 is 0 Å². The van der Waals surface area contributed by atoms with Crippen molar-refractivity contribution in [2.24, 2.45) is 5.73 Å². The molecule has 0 atom stereocenters. The number of rotatable bonds is 10. The summed E-state index contributed by atoms with van der Waals surface area (Å²) in [4.78, 5) is 17.6. The molecule has 0 radical (unpaired) electrons. The Morgan fingerprint density at radius 3 is 2.56 bits per heavy atom. The average Bonchev–Trinajstić information content (AvgIpc) is 3.31. The van der Waals surface area contributed by atoms with E-state index < -0.39 is 12.4 Å². The Hall–Kier alpha value is -2.98. The minimum absolute atomic E-state index is 0.0498. The highest BCUT2D eigenvalue weighted by Crippen LogP contribution is 2.33.